The van der Waals surface area contributed by atoms with Crippen LogP contribution in [0.5, 0.6) is 11.5 Å². The van der Waals surface area contributed by atoms with Crippen LogP contribution in [0.1, 0.15) is 0 Å². The van der Waals surface area contributed by atoms with E-state index in [4.69, 9.17) is 0 Å². The van der Waals surface area contributed by atoms with Crippen molar-refractivity contribution in [3.8, 4) is 22.6 Å². The average molecular weight is 564 g/mol. The van der Waals surface area contributed by atoms with E-state index in [-0.39, 0.29) is 5.75 Å². The van der Waals surface area contributed by atoms with Crippen LogP contribution in [0.2, 0.25) is 0 Å². The quantitative estimate of drug-likeness (QED) is 0.499. The highest BCUT2D eigenvalue weighted by Gasteiger charge is 2.08. The maximum absolute atomic E-state index is 9.72. The van der Waals surface area contributed by atoms with Crippen molar-refractivity contribution >= 4 is 67.8 Å². The van der Waals surface area contributed by atoms with Gasteiger partial charge in [-0.15, -0.1) is 0 Å². The van der Waals surface area contributed by atoms with Crippen molar-refractivity contribution in [2.75, 3.05) is 0 Å². The van der Waals surface area contributed by atoms with Crippen molar-refractivity contribution in [3.63, 3.8) is 0 Å². The van der Waals surface area contributed by atoms with Crippen LogP contribution in [0.3, 0.4) is 0 Å². The second kappa shape index (κ2) is 5.47. The largest absolute Gasteiger partial charge is 0.507 e. The van der Waals surface area contributed by atoms with Gasteiger partial charge in [0.2, 0.25) is 0 Å². The van der Waals surface area contributed by atoms with Gasteiger partial charge in [-0.2, -0.15) is 0 Å². The van der Waals surface area contributed by atoms with Crippen LogP contribution in [0.4, 0.5) is 0 Å². The summed E-state index contributed by atoms with van der Waals surface area (Å²) in [6.07, 6.45) is 0. The lowest BCUT2D eigenvalue weighted by Gasteiger charge is -2.07. The van der Waals surface area contributed by atoms with Crippen molar-refractivity contribution in [1.82, 2.24) is 0 Å². The van der Waals surface area contributed by atoms with E-state index in [1.54, 1.807) is 6.07 Å². The number of phenolic OH excluding ortho intramolecular Hbond substituents is 2. The first-order chi connectivity index (χ1) is 7.99. The molecule has 0 saturated carbocycles. The van der Waals surface area contributed by atoms with Crippen LogP contribution in [0.25, 0.3) is 11.1 Å². The van der Waals surface area contributed by atoms with Crippen LogP contribution >= 0.6 is 67.8 Å². The molecule has 0 amide bonds. The van der Waals surface area contributed by atoms with Gasteiger partial charge in [0.15, 0.2) is 0 Å². The third-order valence-electron chi connectivity index (χ3n) is 2.30. The van der Waals surface area contributed by atoms with Gasteiger partial charge in [-0.25, -0.2) is 0 Å². The highest BCUT2D eigenvalue weighted by Crippen LogP contribution is 2.33. The summed E-state index contributed by atoms with van der Waals surface area (Å²) in [4.78, 5) is 0. The average Bonchev–Trinajstić information content (AvgIpc) is 2.29. The summed E-state index contributed by atoms with van der Waals surface area (Å²) >= 11 is 6.32. The van der Waals surface area contributed by atoms with E-state index in [0.29, 0.717) is 5.75 Å². The molecule has 0 atom stereocenters. The lowest BCUT2D eigenvalue weighted by Crippen LogP contribution is -1.85. The van der Waals surface area contributed by atoms with Gasteiger partial charge in [0, 0.05) is 0 Å². The van der Waals surface area contributed by atoms with Gasteiger partial charge < -0.3 is 10.2 Å². The fourth-order valence-electron chi connectivity index (χ4n) is 1.42. The zero-order chi connectivity index (χ0) is 12.6. The summed E-state index contributed by atoms with van der Waals surface area (Å²) in [5.74, 6) is 0.612. The summed E-state index contributed by atoms with van der Waals surface area (Å²) in [6, 6.07) is 9.34. The van der Waals surface area contributed by atoms with Gasteiger partial charge in [-0.3, -0.25) is 0 Å². The van der Waals surface area contributed by atoms with E-state index >= 15 is 0 Å². The fourth-order valence-corrected chi connectivity index (χ4v) is 3.70. The standard InChI is InChI=1S/C12H7I3O2/c13-8-3-6(1-2-11(8)16)7-4-9(14)12(17)10(15)5-7/h1-5,16-17H. The molecule has 0 bridgehead atoms. The molecule has 2 nitrogen and oxygen atoms in total. The highest BCUT2D eigenvalue weighted by molar-refractivity contribution is 14.1. The van der Waals surface area contributed by atoms with Crippen molar-refractivity contribution < 1.29 is 10.2 Å². The summed E-state index contributed by atoms with van der Waals surface area (Å²) in [6.45, 7) is 0. The minimum absolute atomic E-state index is 0.289. The molecular formula is C12H7I3O2. The van der Waals surface area contributed by atoms with E-state index in [1.807, 2.05) is 24.3 Å². The van der Waals surface area contributed by atoms with Crippen LogP contribution < -0.4 is 0 Å². The van der Waals surface area contributed by atoms with Gasteiger partial charge in [0.05, 0.1) is 10.7 Å². The first kappa shape index (κ1) is 13.7. The molecule has 2 aromatic carbocycles. The van der Waals surface area contributed by atoms with Crippen molar-refractivity contribution in [2.45, 2.75) is 0 Å². The van der Waals surface area contributed by atoms with E-state index in [9.17, 15) is 10.2 Å². The molecule has 0 radical (unpaired) electrons. The van der Waals surface area contributed by atoms with Gasteiger partial charge >= 0.3 is 0 Å². The third-order valence-corrected chi connectivity index (χ3v) is 4.81. The Morgan fingerprint density at radius 2 is 1.24 bits per heavy atom. The first-order valence-corrected chi connectivity index (χ1v) is 7.89. The van der Waals surface area contributed by atoms with Gasteiger partial charge in [-0.05, 0) is 103 Å². The molecule has 2 N–H and O–H groups in total. The number of rotatable bonds is 1. The van der Waals surface area contributed by atoms with Gasteiger partial charge in [-0.1, -0.05) is 6.07 Å². The predicted octanol–water partition coefficient (Wildman–Crippen LogP) is 4.58. The van der Waals surface area contributed by atoms with E-state index < -0.39 is 0 Å². The van der Waals surface area contributed by atoms with Crippen LogP contribution in [0, 0.1) is 10.7 Å². The number of benzene rings is 2. The minimum atomic E-state index is 0.289. The monoisotopic (exact) mass is 564 g/mol. The summed E-state index contributed by atoms with van der Waals surface area (Å²) in [5.41, 5.74) is 2.07. The van der Waals surface area contributed by atoms with Crippen LogP contribution in [-0.4, -0.2) is 10.2 Å². The van der Waals surface area contributed by atoms with Gasteiger partial charge in [0.1, 0.15) is 11.5 Å². The molecule has 0 aliphatic carbocycles. The maximum Gasteiger partial charge on any atom is 0.142 e. The molecule has 0 unspecified atom stereocenters. The molecule has 0 aromatic heterocycles. The smallest absolute Gasteiger partial charge is 0.142 e. The molecule has 0 saturated heterocycles. The van der Waals surface area contributed by atoms with Crippen LogP contribution in [-0.2, 0) is 0 Å². The number of phenols is 2. The Morgan fingerprint density at radius 1 is 0.706 bits per heavy atom. The van der Waals surface area contributed by atoms with Crippen molar-refractivity contribution in [3.05, 3.63) is 41.0 Å². The van der Waals surface area contributed by atoms with E-state index in [2.05, 4.69) is 67.8 Å². The Balaban J connectivity index is 2.57. The predicted molar refractivity (Wildman–Crippen MR) is 93.4 cm³/mol. The molecule has 0 aliphatic rings. The molecular weight excluding hydrogens is 557 g/mol. The number of aromatic hydroxyl groups is 2. The number of hydrogen-bond acceptors (Lipinski definition) is 2. The SMILES string of the molecule is Oc1ccc(-c2cc(I)c(O)c(I)c2)cc1I. The zero-order valence-corrected chi connectivity index (χ0v) is 14.9. The Hall–Kier alpha value is 0.230. The molecule has 88 valence electrons. The van der Waals surface area contributed by atoms with Crippen molar-refractivity contribution in [1.29, 1.82) is 0 Å². The Labute approximate surface area is 140 Å². The molecule has 0 heterocycles. The Morgan fingerprint density at radius 3 is 1.76 bits per heavy atom. The molecule has 5 heteroatoms. The second-order valence-electron chi connectivity index (χ2n) is 3.45. The van der Waals surface area contributed by atoms with Crippen molar-refractivity contribution in [2.24, 2.45) is 0 Å². The first-order valence-electron chi connectivity index (χ1n) is 4.66. The van der Waals surface area contributed by atoms with Crippen LogP contribution in [0.15, 0.2) is 30.3 Å². The molecule has 0 fully saturated rings. The fraction of sp³-hybridized carbons (Fsp3) is 0. The molecule has 0 aliphatic heterocycles. The normalized spacial score (nSPS) is 10.5. The molecule has 0 spiro atoms. The zero-order valence-electron chi connectivity index (χ0n) is 8.42. The summed E-state index contributed by atoms with van der Waals surface area (Å²) in [7, 11) is 0. The third kappa shape index (κ3) is 2.98. The highest BCUT2D eigenvalue weighted by atomic mass is 127. The van der Waals surface area contributed by atoms with Gasteiger partial charge in [0.25, 0.3) is 0 Å². The second-order valence-corrected chi connectivity index (χ2v) is 6.94. The maximum atomic E-state index is 9.72. The number of hydrogen-bond donors (Lipinski definition) is 2. The lowest BCUT2D eigenvalue weighted by molar-refractivity contribution is 0.467. The summed E-state index contributed by atoms with van der Waals surface area (Å²) in [5, 5.41) is 19.2. The minimum Gasteiger partial charge on any atom is -0.507 e. The summed E-state index contributed by atoms with van der Waals surface area (Å²) < 4.78 is 2.47. The molecule has 2 aromatic rings. The molecule has 2 rings (SSSR count). The number of halogens is 3. The van der Waals surface area contributed by atoms with E-state index in [1.165, 1.54) is 0 Å². The Kier molecular flexibility index (Phi) is 4.40. The van der Waals surface area contributed by atoms with E-state index in [0.717, 1.165) is 21.8 Å². The lowest BCUT2D eigenvalue weighted by atomic mass is 10.1. The molecule has 17 heavy (non-hydrogen) atoms. The Bertz CT molecular complexity index is 559. The topological polar surface area (TPSA) is 40.5 Å².